The van der Waals surface area contributed by atoms with Crippen molar-refractivity contribution < 1.29 is 9.59 Å². The summed E-state index contributed by atoms with van der Waals surface area (Å²) in [6.45, 7) is 4.50. The van der Waals surface area contributed by atoms with Gasteiger partial charge >= 0.3 is 0 Å². The van der Waals surface area contributed by atoms with Crippen LogP contribution in [-0.2, 0) is 9.59 Å². The van der Waals surface area contributed by atoms with Gasteiger partial charge in [-0.1, -0.05) is 30.1 Å². The van der Waals surface area contributed by atoms with Crippen LogP contribution in [0, 0.1) is 0 Å². The lowest BCUT2D eigenvalue weighted by Gasteiger charge is -2.23. The lowest BCUT2D eigenvalue weighted by molar-refractivity contribution is -0.124. The number of anilines is 1. The van der Waals surface area contributed by atoms with E-state index < -0.39 is 6.04 Å². The highest BCUT2D eigenvalue weighted by Crippen LogP contribution is 2.22. The van der Waals surface area contributed by atoms with Gasteiger partial charge in [0, 0.05) is 22.3 Å². The molecule has 0 aliphatic carbocycles. The second-order valence-corrected chi connectivity index (χ2v) is 5.96. The van der Waals surface area contributed by atoms with Gasteiger partial charge in [0.05, 0.1) is 12.6 Å². The molecule has 2 N–H and O–H groups in total. The first-order valence-corrected chi connectivity index (χ1v) is 7.83. The maximum Gasteiger partial charge on any atom is 0.241 e. The molecule has 0 radical (unpaired) electrons. The van der Waals surface area contributed by atoms with E-state index >= 15 is 0 Å². The molecule has 1 aromatic rings. The van der Waals surface area contributed by atoms with E-state index in [1.807, 2.05) is 6.92 Å². The topological polar surface area (TPSA) is 61.4 Å². The highest BCUT2D eigenvalue weighted by atomic mass is 35.5. The fourth-order valence-electron chi connectivity index (χ4n) is 1.76. The number of hydrogen-bond acceptors (Lipinski definition) is 3. The van der Waals surface area contributed by atoms with Crippen molar-refractivity contribution >= 4 is 40.7 Å². The lowest BCUT2D eigenvalue weighted by Crippen LogP contribution is -2.44. The van der Waals surface area contributed by atoms with Gasteiger partial charge in [0.1, 0.15) is 0 Å². The second-order valence-electron chi connectivity index (χ2n) is 5.09. The van der Waals surface area contributed by atoms with Crippen LogP contribution < -0.4 is 10.6 Å². The van der Waals surface area contributed by atoms with Gasteiger partial charge in [0.25, 0.3) is 0 Å². The van der Waals surface area contributed by atoms with Gasteiger partial charge in [-0.05, 0) is 38.6 Å². The maximum absolute atomic E-state index is 12.2. The summed E-state index contributed by atoms with van der Waals surface area (Å²) in [6, 6.07) is 4.36. The van der Waals surface area contributed by atoms with Crippen molar-refractivity contribution in [3.63, 3.8) is 0 Å². The Kier molecular flexibility index (Phi) is 7.65. The standard InChI is InChI=1S/C15H21Cl2N3O2/c1-4-5-18-14(21)9-20(3)10(2)15(22)19-13-7-11(16)6-12(17)8-13/h6-8,10H,4-5,9H2,1-3H3,(H,18,21)(H,19,22)/t10-/m1/s1. The minimum atomic E-state index is -0.467. The van der Waals surface area contributed by atoms with Gasteiger partial charge < -0.3 is 10.6 Å². The Balaban J connectivity index is 2.58. The van der Waals surface area contributed by atoms with Gasteiger partial charge in [-0.3, -0.25) is 14.5 Å². The van der Waals surface area contributed by atoms with Crippen LogP contribution in [0.5, 0.6) is 0 Å². The van der Waals surface area contributed by atoms with Crippen LogP contribution in [0.4, 0.5) is 5.69 Å². The lowest BCUT2D eigenvalue weighted by atomic mass is 10.2. The van der Waals surface area contributed by atoms with Crippen molar-refractivity contribution in [1.82, 2.24) is 10.2 Å². The number of nitrogens with one attached hydrogen (secondary N) is 2. The number of benzene rings is 1. The number of likely N-dealkylation sites (N-methyl/N-ethyl adjacent to an activating group) is 1. The molecule has 0 saturated carbocycles. The van der Waals surface area contributed by atoms with Crippen molar-refractivity contribution in [1.29, 1.82) is 0 Å². The molecular formula is C15H21Cl2N3O2. The minimum Gasteiger partial charge on any atom is -0.355 e. The van der Waals surface area contributed by atoms with Gasteiger partial charge in [-0.2, -0.15) is 0 Å². The van der Waals surface area contributed by atoms with Gasteiger partial charge in [0.2, 0.25) is 11.8 Å². The van der Waals surface area contributed by atoms with Crippen molar-refractivity contribution in [3.05, 3.63) is 28.2 Å². The first kappa shape index (κ1) is 18.7. The number of nitrogens with zero attached hydrogens (tertiary/aromatic N) is 1. The second kappa shape index (κ2) is 8.98. The van der Waals surface area contributed by atoms with Gasteiger partial charge in [-0.25, -0.2) is 0 Å². The summed E-state index contributed by atoms with van der Waals surface area (Å²) in [5, 5.41) is 6.41. The van der Waals surface area contributed by atoms with Crippen LogP contribution >= 0.6 is 23.2 Å². The molecule has 2 amide bonds. The number of hydrogen-bond donors (Lipinski definition) is 2. The van der Waals surface area contributed by atoms with Gasteiger partial charge in [0.15, 0.2) is 0 Å². The van der Waals surface area contributed by atoms with E-state index in [1.54, 1.807) is 37.1 Å². The Morgan fingerprint density at radius 1 is 1.23 bits per heavy atom. The van der Waals surface area contributed by atoms with Crippen molar-refractivity contribution in [2.45, 2.75) is 26.3 Å². The molecule has 0 unspecified atom stereocenters. The average molecular weight is 346 g/mol. The maximum atomic E-state index is 12.2. The largest absolute Gasteiger partial charge is 0.355 e. The summed E-state index contributed by atoms with van der Waals surface area (Å²) in [5.41, 5.74) is 0.526. The van der Waals surface area contributed by atoms with Crippen LogP contribution in [0.1, 0.15) is 20.3 Å². The molecule has 1 atom stereocenters. The highest BCUT2D eigenvalue weighted by molar-refractivity contribution is 6.35. The number of carbonyl (C=O) groups excluding carboxylic acids is 2. The third-order valence-electron chi connectivity index (χ3n) is 3.14. The molecule has 1 aromatic carbocycles. The molecule has 0 bridgehead atoms. The normalized spacial score (nSPS) is 12.1. The third kappa shape index (κ3) is 6.22. The number of amides is 2. The van der Waals surface area contributed by atoms with E-state index in [9.17, 15) is 9.59 Å². The van der Waals surface area contributed by atoms with Crippen LogP contribution in [0.25, 0.3) is 0 Å². The van der Waals surface area contributed by atoms with Crippen molar-refractivity contribution in [3.8, 4) is 0 Å². The van der Waals surface area contributed by atoms with Crippen LogP contribution in [0.3, 0.4) is 0 Å². The molecular weight excluding hydrogens is 325 g/mol. The zero-order chi connectivity index (χ0) is 16.7. The molecule has 0 fully saturated rings. The molecule has 122 valence electrons. The van der Waals surface area contributed by atoms with Crippen molar-refractivity contribution in [2.24, 2.45) is 0 Å². The molecule has 0 aliphatic rings. The smallest absolute Gasteiger partial charge is 0.241 e. The molecule has 7 heteroatoms. The van der Waals surface area contributed by atoms with Crippen LogP contribution in [0.2, 0.25) is 10.0 Å². The molecule has 1 rings (SSSR count). The molecule has 0 aromatic heterocycles. The van der Waals surface area contributed by atoms with E-state index in [0.29, 0.717) is 22.3 Å². The Bertz CT molecular complexity index is 517. The minimum absolute atomic E-state index is 0.102. The monoisotopic (exact) mass is 345 g/mol. The molecule has 0 heterocycles. The molecule has 5 nitrogen and oxygen atoms in total. The van der Waals surface area contributed by atoms with Crippen LogP contribution in [-0.4, -0.2) is 42.9 Å². The zero-order valence-corrected chi connectivity index (χ0v) is 14.5. The molecule has 0 aliphatic heterocycles. The Labute approximate surface area is 141 Å². The average Bonchev–Trinajstić information content (AvgIpc) is 2.42. The van der Waals surface area contributed by atoms with E-state index in [2.05, 4.69) is 10.6 Å². The predicted octanol–water partition coefficient (Wildman–Crippen LogP) is 2.78. The summed E-state index contributed by atoms with van der Waals surface area (Å²) >= 11 is 11.8. The predicted molar refractivity (Wildman–Crippen MR) is 90.5 cm³/mol. The SMILES string of the molecule is CCCNC(=O)CN(C)[C@H](C)C(=O)Nc1cc(Cl)cc(Cl)c1. The Morgan fingerprint density at radius 3 is 2.36 bits per heavy atom. The van der Waals surface area contributed by atoms with E-state index in [0.717, 1.165) is 6.42 Å². The van der Waals surface area contributed by atoms with E-state index in [4.69, 9.17) is 23.2 Å². The summed E-state index contributed by atoms with van der Waals surface area (Å²) in [7, 11) is 1.72. The first-order chi connectivity index (χ1) is 10.3. The van der Waals surface area contributed by atoms with Gasteiger partial charge in [-0.15, -0.1) is 0 Å². The summed E-state index contributed by atoms with van der Waals surface area (Å²) in [5.74, 6) is -0.334. The fourth-order valence-corrected chi connectivity index (χ4v) is 2.28. The Morgan fingerprint density at radius 2 is 1.82 bits per heavy atom. The number of rotatable bonds is 7. The van der Waals surface area contributed by atoms with Crippen molar-refractivity contribution in [2.75, 3.05) is 25.5 Å². The summed E-state index contributed by atoms with van der Waals surface area (Å²) in [6.07, 6.45) is 0.876. The Hall–Kier alpha value is -1.30. The number of carbonyl (C=O) groups is 2. The quantitative estimate of drug-likeness (QED) is 0.798. The number of halogens is 2. The van der Waals surface area contributed by atoms with Crippen LogP contribution in [0.15, 0.2) is 18.2 Å². The van der Waals surface area contributed by atoms with E-state index in [1.165, 1.54) is 0 Å². The molecule has 0 spiro atoms. The zero-order valence-electron chi connectivity index (χ0n) is 13.0. The first-order valence-electron chi connectivity index (χ1n) is 7.07. The molecule has 0 saturated heterocycles. The van der Waals surface area contributed by atoms with E-state index in [-0.39, 0.29) is 18.4 Å². The summed E-state index contributed by atoms with van der Waals surface area (Å²) in [4.78, 5) is 25.5. The third-order valence-corrected chi connectivity index (χ3v) is 3.57. The fraction of sp³-hybridized carbons (Fsp3) is 0.467. The molecule has 22 heavy (non-hydrogen) atoms. The highest BCUT2D eigenvalue weighted by Gasteiger charge is 2.20. The summed E-state index contributed by atoms with van der Waals surface area (Å²) < 4.78 is 0.